The molecular formula is C31H62Na2O10S2. The Bertz CT molecular complexity index is 762. The predicted molar refractivity (Wildman–Crippen MR) is 169 cm³/mol. The molecule has 0 unspecified atom stereocenters. The van der Waals surface area contributed by atoms with Crippen molar-refractivity contribution in [3.05, 3.63) is 0 Å². The van der Waals surface area contributed by atoms with Crippen LogP contribution in [0.2, 0.25) is 0 Å². The zero-order chi connectivity index (χ0) is 32.1. The van der Waals surface area contributed by atoms with Crippen LogP contribution in [0, 0.1) is 5.41 Å². The van der Waals surface area contributed by atoms with Crippen molar-refractivity contribution in [2.75, 3.05) is 64.4 Å². The van der Waals surface area contributed by atoms with Crippen molar-refractivity contribution in [3.63, 3.8) is 0 Å². The van der Waals surface area contributed by atoms with Crippen molar-refractivity contribution in [2.45, 2.75) is 129 Å². The Labute approximate surface area is 320 Å². The second kappa shape index (κ2) is 34.1. The SMILES string of the molecule is CCCCCCCCCCOCC(COCCCCCCCCCC)(COCCCS(=O)(=O)[O-])COCCCS(=O)(=O)[O-].[Na+].[Na+]. The zero-order valence-electron chi connectivity index (χ0n) is 29.2. The Morgan fingerprint density at radius 1 is 0.422 bits per heavy atom. The Morgan fingerprint density at radius 3 is 0.933 bits per heavy atom. The first kappa shape index (κ1) is 51.0. The van der Waals surface area contributed by atoms with Crippen molar-refractivity contribution in [2.24, 2.45) is 5.41 Å². The first-order valence-electron chi connectivity index (χ1n) is 16.7. The van der Waals surface area contributed by atoms with E-state index in [1.165, 1.54) is 77.0 Å². The van der Waals surface area contributed by atoms with Crippen molar-refractivity contribution in [3.8, 4) is 0 Å². The maximum atomic E-state index is 11.0. The van der Waals surface area contributed by atoms with E-state index >= 15 is 0 Å². The molecule has 0 aromatic rings. The molecule has 45 heavy (non-hydrogen) atoms. The van der Waals surface area contributed by atoms with Gasteiger partial charge in [0.05, 0.1) is 52.1 Å². The molecule has 0 aromatic heterocycles. The van der Waals surface area contributed by atoms with E-state index < -0.39 is 37.2 Å². The van der Waals surface area contributed by atoms with Crippen LogP contribution in [0.4, 0.5) is 0 Å². The third kappa shape index (κ3) is 38.3. The summed E-state index contributed by atoms with van der Waals surface area (Å²) in [4.78, 5) is 0. The van der Waals surface area contributed by atoms with Crippen LogP contribution in [0.1, 0.15) is 129 Å². The summed E-state index contributed by atoms with van der Waals surface area (Å²) in [5, 5.41) is 0. The summed E-state index contributed by atoms with van der Waals surface area (Å²) >= 11 is 0. The van der Waals surface area contributed by atoms with Gasteiger partial charge in [-0.2, -0.15) is 0 Å². The minimum absolute atomic E-state index is 0. The van der Waals surface area contributed by atoms with Crippen molar-refractivity contribution >= 4 is 20.2 Å². The average Bonchev–Trinajstić information content (AvgIpc) is 2.93. The molecule has 0 spiro atoms. The molecule has 0 aliphatic carbocycles. The van der Waals surface area contributed by atoms with Crippen LogP contribution in [0.3, 0.4) is 0 Å². The van der Waals surface area contributed by atoms with Gasteiger partial charge in [-0.25, -0.2) is 16.8 Å². The van der Waals surface area contributed by atoms with Crippen LogP contribution < -0.4 is 59.1 Å². The van der Waals surface area contributed by atoms with Crippen LogP contribution in [0.5, 0.6) is 0 Å². The minimum Gasteiger partial charge on any atom is -0.748 e. The van der Waals surface area contributed by atoms with Gasteiger partial charge in [0.25, 0.3) is 0 Å². The van der Waals surface area contributed by atoms with E-state index in [1.807, 2.05) is 0 Å². The van der Waals surface area contributed by atoms with Crippen LogP contribution in [0.25, 0.3) is 0 Å². The molecule has 0 rings (SSSR count). The molecule has 0 amide bonds. The summed E-state index contributed by atoms with van der Waals surface area (Å²) in [5.74, 6) is -0.992. The molecule has 0 aliphatic heterocycles. The number of rotatable bonds is 34. The van der Waals surface area contributed by atoms with Gasteiger partial charge < -0.3 is 28.1 Å². The normalized spacial score (nSPS) is 12.2. The van der Waals surface area contributed by atoms with Gasteiger partial charge in [0, 0.05) is 37.9 Å². The molecular weight excluding hydrogens is 642 g/mol. The topological polar surface area (TPSA) is 151 Å². The van der Waals surface area contributed by atoms with Crippen molar-refractivity contribution in [1.82, 2.24) is 0 Å². The Balaban J connectivity index is -0.00000882. The van der Waals surface area contributed by atoms with Crippen LogP contribution in [0.15, 0.2) is 0 Å². The third-order valence-electron chi connectivity index (χ3n) is 7.28. The minimum atomic E-state index is -4.32. The summed E-state index contributed by atoms with van der Waals surface area (Å²) < 4.78 is 89.5. The van der Waals surface area contributed by atoms with Gasteiger partial charge in [-0.05, 0) is 25.7 Å². The maximum Gasteiger partial charge on any atom is 1.00 e. The molecule has 0 aliphatic rings. The Kier molecular flexibility index (Phi) is 38.7. The van der Waals surface area contributed by atoms with E-state index in [2.05, 4.69) is 13.8 Å². The molecule has 260 valence electrons. The molecule has 0 saturated carbocycles. The monoisotopic (exact) mass is 704 g/mol. The van der Waals surface area contributed by atoms with Gasteiger partial charge in [-0.3, -0.25) is 0 Å². The number of ether oxygens (including phenoxy) is 4. The molecule has 0 bridgehead atoms. The fourth-order valence-electron chi connectivity index (χ4n) is 4.76. The number of unbranched alkanes of at least 4 members (excludes halogenated alkanes) is 14. The molecule has 10 nitrogen and oxygen atoms in total. The predicted octanol–water partition coefficient (Wildman–Crippen LogP) is 0.199. The maximum absolute atomic E-state index is 11.0. The molecule has 0 saturated heterocycles. The van der Waals surface area contributed by atoms with Gasteiger partial charge in [-0.1, -0.05) is 104 Å². The van der Waals surface area contributed by atoms with E-state index in [0.717, 1.165) is 25.7 Å². The molecule has 14 heteroatoms. The summed E-state index contributed by atoms with van der Waals surface area (Å²) in [5.41, 5.74) is -0.701. The van der Waals surface area contributed by atoms with Gasteiger partial charge in [-0.15, -0.1) is 0 Å². The third-order valence-corrected chi connectivity index (χ3v) is 8.86. The largest absolute Gasteiger partial charge is 1.00 e. The van der Waals surface area contributed by atoms with Gasteiger partial charge >= 0.3 is 59.1 Å². The summed E-state index contributed by atoms with van der Waals surface area (Å²) in [6, 6.07) is 0. The summed E-state index contributed by atoms with van der Waals surface area (Å²) in [7, 11) is -8.63. The second-order valence-electron chi connectivity index (χ2n) is 11.9. The van der Waals surface area contributed by atoms with E-state index in [1.54, 1.807) is 0 Å². The van der Waals surface area contributed by atoms with Crippen molar-refractivity contribution in [1.29, 1.82) is 0 Å². The second-order valence-corrected chi connectivity index (χ2v) is 14.9. The summed E-state index contributed by atoms with van der Waals surface area (Å²) in [6.45, 7) is 6.69. The van der Waals surface area contributed by atoms with E-state index in [4.69, 9.17) is 18.9 Å². The smallest absolute Gasteiger partial charge is 0.748 e. The Morgan fingerprint density at radius 2 is 0.667 bits per heavy atom. The van der Waals surface area contributed by atoms with Gasteiger partial charge in [0.1, 0.15) is 0 Å². The quantitative estimate of drug-likeness (QED) is 0.0516. The molecule has 0 fully saturated rings. The van der Waals surface area contributed by atoms with E-state index in [9.17, 15) is 25.9 Å². The fraction of sp³-hybridized carbons (Fsp3) is 1.00. The zero-order valence-corrected chi connectivity index (χ0v) is 34.8. The van der Waals surface area contributed by atoms with Gasteiger partial charge in [0.2, 0.25) is 0 Å². The Hall–Kier alpha value is 1.66. The van der Waals surface area contributed by atoms with Crippen molar-refractivity contribution < 1.29 is 104 Å². The molecule has 0 heterocycles. The molecule has 0 atom stereocenters. The first-order chi connectivity index (χ1) is 20.5. The first-order valence-corrected chi connectivity index (χ1v) is 19.9. The molecule has 0 aromatic carbocycles. The summed E-state index contributed by atoms with van der Waals surface area (Å²) in [6.07, 6.45) is 19.2. The van der Waals surface area contributed by atoms with E-state index in [0.29, 0.717) is 26.4 Å². The van der Waals surface area contributed by atoms with Crippen LogP contribution >= 0.6 is 0 Å². The fourth-order valence-corrected chi connectivity index (χ4v) is 5.70. The molecule has 0 radical (unpaired) electrons. The average molecular weight is 705 g/mol. The van der Waals surface area contributed by atoms with E-state index in [-0.39, 0.29) is 98.4 Å². The number of hydrogen-bond donors (Lipinski definition) is 0. The number of hydrogen-bond acceptors (Lipinski definition) is 10. The van der Waals surface area contributed by atoms with Crippen LogP contribution in [-0.2, 0) is 39.2 Å². The standard InChI is InChI=1S/C31H64O10S2.2Na/c1-3-5-7-9-11-13-15-17-21-38-27-31(29-40-23-19-25-42(32,33)34,30-41-24-20-26-43(35,36)37)28-39-22-18-16-14-12-10-8-6-4-2;;/h3-30H2,1-2H3,(H,32,33,34)(H,35,36,37);;/q;2*+1/p-2. The molecule has 0 N–H and O–H groups in total. The van der Waals surface area contributed by atoms with Crippen LogP contribution in [-0.4, -0.2) is 90.3 Å². The van der Waals surface area contributed by atoms with Gasteiger partial charge in [0.15, 0.2) is 0 Å².